The number of benzene rings is 1. The monoisotopic (exact) mass is 399 g/mol. The van der Waals surface area contributed by atoms with Crippen LogP contribution in [0.2, 0.25) is 0 Å². The number of rotatable bonds is 4. The minimum Gasteiger partial charge on any atom is -0.454 e. The predicted molar refractivity (Wildman–Crippen MR) is 106 cm³/mol. The molecule has 6 nitrogen and oxygen atoms in total. The second-order valence-corrected chi connectivity index (χ2v) is 7.16. The molecule has 144 valence electrons. The normalized spacial score (nSPS) is 22.2. The van der Waals surface area contributed by atoms with Crippen molar-refractivity contribution in [1.82, 2.24) is 15.1 Å². The highest BCUT2D eigenvalue weighted by Gasteiger charge is 2.21. The fourth-order valence-corrected chi connectivity index (χ4v) is 3.79. The smallest absolute Gasteiger partial charge is 0.231 e. The summed E-state index contributed by atoms with van der Waals surface area (Å²) in [5.74, 6) is 1.70. The van der Waals surface area contributed by atoms with Crippen molar-refractivity contribution in [2.24, 2.45) is 0 Å². The van der Waals surface area contributed by atoms with E-state index in [1.54, 1.807) is 0 Å². The zero-order chi connectivity index (χ0) is 17.1. The topological polar surface area (TPSA) is 46.2 Å². The Kier molecular flexibility index (Phi) is 6.80. The van der Waals surface area contributed by atoms with E-state index in [2.05, 4.69) is 27.2 Å². The van der Waals surface area contributed by atoms with Gasteiger partial charge in [0.05, 0.1) is 6.10 Å². The molecule has 8 heteroatoms. The van der Waals surface area contributed by atoms with Crippen molar-refractivity contribution in [3.8, 4) is 11.5 Å². The lowest BCUT2D eigenvalue weighted by atomic mass is 10.1. The van der Waals surface area contributed by atoms with Gasteiger partial charge in [0.15, 0.2) is 16.6 Å². The van der Waals surface area contributed by atoms with Crippen LogP contribution in [0, 0.1) is 0 Å². The average molecular weight is 400 g/mol. The molecule has 3 aliphatic rings. The van der Waals surface area contributed by atoms with Crippen LogP contribution >= 0.6 is 24.6 Å². The second-order valence-electron chi connectivity index (χ2n) is 6.77. The Labute approximate surface area is 166 Å². The first-order valence-electron chi connectivity index (χ1n) is 9.03. The van der Waals surface area contributed by atoms with Crippen molar-refractivity contribution >= 4 is 29.7 Å². The Morgan fingerprint density at radius 1 is 1.15 bits per heavy atom. The van der Waals surface area contributed by atoms with Crippen molar-refractivity contribution in [2.75, 3.05) is 46.1 Å². The summed E-state index contributed by atoms with van der Waals surface area (Å²) in [6, 6.07) is 6.20. The van der Waals surface area contributed by atoms with Crippen LogP contribution in [0.25, 0.3) is 0 Å². The van der Waals surface area contributed by atoms with Crippen LogP contribution in [0.3, 0.4) is 0 Å². The van der Waals surface area contributed by atoms with Crippen LogP contribution in [0.5, 0.6) is 11.5 Å². The molecule has 26 heavy (non-hydrogen) atoms. The summed E-state index contributed by atoms with van der Waals surface area (Å²) < 4.78 is 16.5. The molecular weight excluding hydrogens is 374 g/mol. The van der Waals surface area contributed by atoms with Crippen LogP contribution in [0.1, 0.15) is 18.4 Å². The highest BCUT2D eigenvalue weighted by atomic mass is 35.5. The van der Waals surface area contributed by atoms with Crippen LogP contribution < -0.4 is 14.8 Å². The second kappa shape index (κ2) is 9.08. The fraction of sp³-hybridized carbons (Fsp3) is 0.611. The molecular formula is C18H26ClN3O3S. The molecule has 1 aromatic carbocycles. The first kappa shape index (κ1) is 19.5. The molecule has 0 aliphatic carbocycles. The largest absolute Gasteiger partial charge is 0.454 e. The minimum absolute atomic E-state index is 0. The fourth-order valence-electron chi connectivity index (χ4n) is 3.52. The standard InChI is InChI=1S/C18H25N3O3S.ClH/c25-18(19-11-15-2-1-9-22-15)21-7-5-20(6-8-21)12-14-3-4-16-17(10-14)24-13-23-16;/h3-4,10,15H,1-2,5-9,11-13H2,(H,19,25);1H. The summed E-state index contributed by atoms with van der Waals surface area (Å²) in [6.45, 7) is 6.92. The number of halogens is 1. The molecule has 2 saturated heterocycles. The third kappa shape index (κ3) is 4.71. The van der Waals surface area contributed by atoms with Crippen molar-refractivity contribution < 1.29 is 14.2 Å². The number of ether oxygens (including phenoxy) is 3. The summed E-state index contributed by atoms with van der Waals surface area (Å²) in [5, 5.41) is 4.23. The van der Waals surface area contributed by atoms with E-state index in [0.717, 1.165) is 75.3 Å². The molecule has 4 rings (SSSR count). The molecule has 1 N–H and O–H groups in total. The summed E-state index contributed by atoms with van der Waals surface area (Å²) in [7, 11) is 0. The average Bonchev–Trinajstić information content (AvgIpc) is 3.31. The number of nitrogens with zero attached hydrogens (tertiary/aromatic N) is 2. The third-order valence-corrected chi connectivity index (χ3v) is 5.41. The van der Waals surface area contributed by atoms with E-state index in [0.29, 0.717) is 12.9 Å². The summed E-state index contributed by atoms with van der Waals surface area (Å²) >= 11 is 5.54. The lowest BCUT2D eigenvalue weighted by molar-refractivity contribution is 0.112. The predicted octanol–water partition coefficient (Wildman–Crippen LogP) is 2.01. The van der Waals surface area contributed by atoms with Gasteiger partial charge in [0.25, 0.3) is 0 Å². The third-order valence-electron chi connectivity index (χ3n) is 5.01. The van der Waals surface area contributed by atoms with Gasteiger partial charge in [0, 0.05) is 45.9 Å². The van der Waals surface area contributed by atoms with Crippen LogP contribution in [0.4, 0.5) is 0 Å². The summed E-state index contributed by atoms with van der Waals surface area (Å²) in [6.07, 6.45) is 2.63. The zero-order valence-corrected chi connectivity index (χ0v) is 16.4. The quantitative estimate of drug-likeness (QED) is 0.777. The van der Waals surface area contributed by atoms with Crippen LogP contribution in [-0.4, -0.2) is 67.1 Å². The van der Waals surface area contributed by atoms with Gasteiger partial charge in [0.2, 0.25) is 6.79 Å². The molecule has 1 aromatic rings. The molecule has 0 radical (unpaired) electrons. The maximum atomic E-state index is 5.64. The maximum absolute atomic E-state index is 5.64. The number of hydrogen-bond acceptors (Lipinski definition) is 5. The van der Waals surface area contributed by atoms with Gasteiger partial charge in [-0.3, -0.25) is 4.90 Å². The summed E-state index contributed by atoms with van der Waals surface area (Å²) in [5.41, 5.74) is 1.26. The molecule has 0 spiro atoms. The zero-order valence-electron chi connectivity index (χ0n) is 14.8. The van der Waals surface area contributed by atoms with Gasteiger partial charge < -0.3 is 24.4 Å². The Morgan fingerprint density at radius 2 is 1.96 bits per heavy atom. The van der Waals surface area contributed by atoms with Gasteiger partial charge in [0.1, 0.15) is 0 Å². The van der Waals surface area contributed by atoms with Crippen molar-refractivity contribution in [2.45, 2.75) is 25.5 Å². The molecule has 3 aliphatic heterocycles. The minimum atomic E-state index is 0. The number of hydrogen-bond donors (Lipinski definition) is 1. The lowest BCUT2D eigenvalue weighted by Crippen LogP contribution is -2.52. The van der Waals surface area contributed by atoms with E-state index < -0.39 is 0 Å². The Balaban J connectivity index is 0.00000196. The molecule has 0 aromatic heterocycles. The van der Waals surface area contributed by atoms with Crippen molar-refractivity contribution in [3.63, 3.8) is 0 Å². The highest BCUT2D eigenvalue weighted by Crippen LogP contribution is 2.32. The van der Waals surface area contributed by atoms with Crippen molar-refractivity contribution in [3.05, 3.63) is 23.8 Å². The molecule has 0 amide bonds. The number of thiocarbonyl (C=S) groups is 1. The van der Waals surface area contributed by atoms with E-state index in [4.69, 9.17) is 26.4 Å². The van der Waals surface area contributed by atoms with Gasteiger partial charge in [-0.2, -0.15) is 0 Å². The Morgan fingerprint density at radius 3 is 2.73 bits per heavy atom. The number of nitrogens with one attached hydrogen (secondary N) is 1. The first-order valence-corrected chi connectivity index (χ1v) is 9.44. The van der Waals surface area contributed by atoms with E-state index in [9.17, 15) is 0 Å². The van der Waals surface area contributed by atoms with Gasteiger partial charge in [-0.05, 0) is 42.8 Å². The molecule has 1 atom stereocenters. The Hall–Kier alpha value is -1.28. The summed E-state index contributed by atoms with van der Waals surface area (Å²) in [4.78, 5) is 4.72. The SMILES string of the molecule is Cl.S=C(NCC1CCCO1)N1CCN(Cc2ccc3c(c2)OCO3)CC1. The van der Waals surface area contributed by atoms with Gasteiger partial charge in [-0.15, -0.1) is 12.4 Å². The van der Waals surface area contributed by atoms with Gasteiger partial charge in [-0.25, -0.2) is 0 Å². The van der Waals surface area contributed by atoms with Crippen molar-refractivity contribution in [1.29, 1.82) is 0 Å². The molecule has 2 fully saturated rings. The molecule has 0 bridgehead atoms. The van der Waals surface area contributed by atoms with Crippen LogP contribution in [0.15, 0.2) is 18.2 Å². The van der Waals surface area contributed by atoms with E-state index in [-0.39, 0.29) is 12.4 Å². The van der Waals surface area contributed by atoms with E-state index in [1.807, 2.05) is 6.07 Å². The number of fused-ring (bicyclic) bond motifs is 1. The van der Waals surface area contributed by atoms with Gasteiger partial charge in [-0.1, -0.05) is 6.07 Å². The maximum Gasteiger partial charge on any atom is 0.231 e. The number of piperazine rings is 1. The van der Waals surface area contributed by atoms with Gasteiger partial charge >= 0.3 is 0 Å². The van der Waals surface area contributed by atoms with E-state index in [1.165, 1.54) is 5.56 Å². The highest BCUT2D eigenvalue weighted by molar-refractivity contribution is 7.80. The molecule has 0 saturated carbocycles. The van der Waals surface area contributed by atoms with Crippen LogP contribution in [-0.2, 0) is 11.3 Å². The first-order chi connectivity index (χ1) is 12.3. The Bertz CT molecular complexity index is 620. The molecule has 1 unspecified atom stereocenters. The lowest BCUT2D eigenvalue weighted by Gasteiger charge is -2.36. The van der Waals surface area contributed by atoms with E-state index >= 15 is 0 Å². The molecule has 3 heterocycles.